The number of rotatable bonds is 6. The number of sulfone groups is 1. The standard InChI is InChI=1S/C22H28N4O3S.HI/c1-23-22(24-14-13-17-9-11-19(12-10-17)30(2,28)29)25-16-21(27)26-15-5-7-18-6-3-4-8-20(18)26;/h3-4,6,8-12H,5,7,13-16H2,1-2H3,(H2,23,24,25);1H. The summed E-state index contributed by atoms with van der Waals surface area (Å²) < 4.78 is 23.1. The lowest BCUT2D eigenvalue weighted by atomic mass is 10.0. The van der Waals surface area contributed by atoms with Crippen molar-refractivity contribution >= 4 is 51.4 Å². The molecule has 1 aliphatic rings. The molecule has 1 amide bonds. The number of amides is 1. The number of para-hydroxylation sites is 1. The molecule has 2 aromatic carbocycles. The lowest BCUT2D eigenvalue weighted by Crippen LogP contribution is -2.46. The molecule has 0 fully saturated rings. The van der Waals surface area contributed by atoms with Crippen LogP contribution in [0.4, 0.5) is 5.69 Å². The van der Waals surface area contributed by atoms with E-state index in [2.05, 4.69) is 21.7 Å². The van der Waals surface area contributed by atoms with Gasteiger partial charge in [0.05, 0.1) is 11.4 Å². The van der Waals surface area contributed by atoms with Gasteiger partial charge in [0, 0.05) is 32.1 Å². The fourth-order valence-corrected chi connectivity index (χ4v) is 4.13. The first kappa shape index (κ1) is 25.1. The number of hydrogen-bond donors (Lipinski definition) is 2. The van der Waals surface area contributed by atoms with Gasteiger partial charge in [-0.05, 0) is 48.6 Å². The second-order valence-electron chi connectivity index (χ2n) is 7.30. The first-order valence-electron chi connectivity index (χ1n) is 10.0. The molecule has 3 rings (SSSR count). The average molecular weight is 556 g/mol. The van der Waals surface area contributed by atoms with Gasteiger partial charge in [0.15, 0.2) is 15.8 Å². The zero-order chi connectivity index (χ0) is 21.6. The topological polar surface area (TPSA) is 90.9 Å². The van der Waals surface area contributed by atoms with Crippen LogP contribution in [0.25, 0.3) is 0 Å². The highest BCUT2D eigenvalue weighted by Gasteiger charge is 2.21. The maximum Gasteiger partial charge on any atom is 0.246 e. The van der Waals surface area contributed by atoms with Crippen molar-refractivity contribution in [1.29, 1.82) is 0 Å². The van der Waals surface area contributed by atoms with E-state index in [1.54, 1.807) is 19.2 Å². The van der Waals surface area contributed by atoms with Crippen LogP contribution >= 0.6 is 24.0 Å². The van der Waals surface area contributed by atoms with Crippen LogP contribution in [0.5, 0.6) is 0 Å². The van der Waals surface area contributed by atoms with E-state index in [1.165, 1.54) is 11.8 Å². The third-order valence-electron chi connectivity index (χ3n) is 5.10. The van der Waals surface area contributed by atoms with Gasteiger partial charge in [0.25, 0.3) is 0 Å². The third kappa shape index (κ3) is 6.93. The monoisotopic (exact) mass is 556 g/mol. The van der Waals surface area contributed by atoms with Gasteiger partial charge in [0.2, 0.25) is 5.91 Å². The third-order valence-corrected chi connectivity index (χ3v) is 6.23. The minimum atomic E-state index is -3.18. The molecule has 0 aliphatic carbocycles. The van der Waals surface area contributed by atoms with Crippen LogP contribution in [0, 0.1) is 0 Å². The average Bonchev–Trinajstić information content (AvgIpc) is 2.75. The summed E-state index contributed by atoms with van der Waals surface area (Å²) in [6.07, 6.45) is 3.87. The summed E-state index contributed by atoms with van der Waals surface area (Å²) in [7, 11) is -1.52. The molecule has 1 aliphatic heterocycles. The van der Waals surface area contributed by atoms with Gasteiger partial charge in [-0.15, -0.1) is 24.0 Å². The summed E-state index contributed by atoms with van der Waals surface area (Å²) in [4.78, 5) is 19.0. The lowest BCUT2D eigenvalue weighted by Gasteiger charge is -2.29. The summed E-state index contributed by atoms with van der Waals surface area (Å²) in [5.41, 5.74) is 3.23. The predicted molar refractivity (Wildman–Crippen MR) is 135 cm³/mol. The Kier molecular flexibility index (Phi) is 9.30. The Hall–Kier alpha value is -2.14. The number of benzene rings is 2. The molecule has 9 heteroatoms. The molecule has 0 unspecified atom stereocenters. The summed E-state index contributed by atoms with van der Waals surface area (Å²) in [6, 6.07) is 14.9. The number of guanidine groups is 1. The highest BCUT2D eigenvalue weighted by Crippen LogP contribution is 2.26. The number of hydrogen-bond acceptors (Lipinski definition) is 4. The van der Waals surface area contributed by atoms with Gasteiger partial charge in [0.1, 0.15) is 0 Å². The summed E-state index contributed by atoms with van der Waals surface area (Å²) in [5, 5.41) is 6.27. The molecular weight excluding hydrogens is 527 g/mol. The maximum absolute atomic E-state index is 12.7. The van der Waals surface area contributed by atoms with Crippen molar-refractivity contribution in [3.05, 3.63) is 59.7 Å². The Morgan fingerprint density at radius 2 is 1.81 bits per heavy atom. The van der Waals surface area contributed by atoms with Crippen LogP contribution in [-0.4, -0.2) is 53.2 Å². The van der Waals surface area contributed by atoms with Crippen molar-refractivity contribution in [1.82, 2.24) is 10.6 Å². The molecule has 0 bridgehead atoms. The highest BCUT2D eigenvalue weighted by atomic mass is 127. The highest BCUT2D eigenvalue weighted by molar-refractivity contribution is 14.0. The summed E-state index contributed by atoms with van der Waals surface area (Å²) in [6.45, 7) is 1.50. The second-order valence-corrected chi connectivity index (χ2v) is 9.31. The minimum absolute atomic E-state index is 0. The Labute approximate surface area is 201 Å². The number of nitrogens with one attached hydrogen (secondary N) is 2. The molecule has 0 atom stereocenters. The van der Waals surface area contributed by atoms with Crippen LogP contribution in [0.1, 0.15) is 17.5 Å². The number of fused-ring (bicyclic) bond motifs is 1. The second kappa shape index (κ2) is 11.5. The minimum Gasteiger partial charge on any atom is -0.356 e. The van der Waals surface area contributed by atoms with Gasteiger partial charge in [-0.3, -0.25) is 9.79 Å². The smallest absolute Gasteiger partial charge is 0.246 e. The Morgan fingerprint density at radius 3 is 2.48 bits per heavy atom. The van der Waals surface area contributed by atoms with E-state index >= 15 is 0 Å². The van der Waals surface area contributed by atoms with Crippen molar-refractivity contribution < 1.29 is 13.2 Å². The van der Waals surface area contributed by atoms with E-state index in [0.29, 0.717) is 23.8 Å². The molecule has 0 aromatic heterocycles. The van der Waals surface area contributed by atoms with Crippen molar-refractivity contribution in [2.45, 2.75) is 24.2 Å². The van der Waals surface area contributed by atoms with Crippen LogP contribution in [-0.2, 0) is 27.5 Å². The zero-order valence-electron chi connectivity index (χ0n) is 17.8. The van der Waals surface area contributed by atoms with Gasteiger partial charge in [-0.2, -0.15) is 0 Å². The molecule has 7 nitrogen and oxygen atoms in total. The van der Waals surface area contributed by atoms with Gasteiger partial charge < -0.3 is 15.5 Å². The first-order chi connectivity index (χ1) is 14.4. The van der Waals surface area contributed by atoms with Crippen molar-refractivity contribution in [2.75, 3.05) is 37.8 Å². The zero-order valence-corrected chi connectivity index (χ0v) is 20.9. The SMILES string of the molecule is CN=C(NCCc1ccc(S(C)(=O)=O)cc1)NCC(=O)N1CCCc2ccccc21.I. The molecule has 0 saturated carbocycles. The predicted octanol–water partition coefficient (Wildman–Crippen LogP) is 2.40. The van der Waals surface area contributed by atoms with Gasteiger partial charge >= 0.3 is 0 Å². The number of aryl methyl sites for hydroxylation is 1. The quantitative estimate of drug-likeness (QED) is 0.324. The molecule has 0 radical (unpaired) electrons. The van der Waals surface area contributed by atoms with E-state index in [9.17, 15) is 13.2 Å². The number of aliphatic imine (C=N–C) groups is 1. The van der Waals surface area contributed by atoms with Gasteiger partial charge in [-0.1, -0.05) is 30.3 Å². The van der Waals surface area contributed by atoms with Crippen molar-refractivity contribution in [3.63, 3.8) is 0 Å². The Bertz CT molecular complexity index is 1020. The molecule has 168 valence electrons. The van der Waals surface area contributed by atoms with Crippen molar-refractivity contribution in [3.8, 4) is 0 Å². The van der Waals surface area contributed by atoms with Gasteiger partial charge in [-0.25, -0.2) is 8.42 Å². The molecule has 1 heterocycles. The van der Waals surface area contributed by atoms with E-state index < -0.39 is 9.84 Å². The number of halogens is 1. The number of anilines is 1. The first-order valence-corrected chi connectivity index (χ1v) is 11.9. The van der Waals surface area contributed by atoms with E-state index in [0.717, 1.165) is 30.6 Å². The van der Waals surface area contributed by atoms with E-state index in [4.69, 9.17) is 0 Å². The lowest BCUT2D eigenvalue weighted by molar-refractivity contribution is -0.117. The fraction of sp³-hybridized carbons (Fsp3) is 0.364. The van der Waals surface area contributed by atoms with E-state index in [1.807, 2.05) is 35.2 Å². The Morgan fingerprint density at radius 1 is 1.10 bits per heavy atom. The summed E-state index contributed by atoms with van der Waals surface area (Å²) >= 11 is 0. The molecule has 2 N–H and O–H groups in total. The maximum atomic E-state index is 12.7. The number of carbonyl (C=O) groups excluding carboxylic acids is 1. The van der Waals surface area contributed by atoms with Crippen LogP contribution < -0.4 is 15.5 Å². The van der Waals surface area contributed by atoms with Crippen LogP contribution in [0.2, 0.25) is 0 Å². The largest absolute Gasteiger partial charge is 0.356 e. The number of nitrogens with zero attached hydrogens (tertiary/aromatic N) is 2. The molecule has 31 heavy (non-hydrogen) atoms. The Balaban J connectivity index is 0.00000341. The summed E-state index contributed by atoms with van der Waals surface area (Å²) in [5.74, 6) is 0.572. The molecule has 2 aromatic rings. The molecule has 0 saturated heterocycles. The van der Waals surface area contributed by atoms with Crippen molar-refractivity contribution in [2.24, 2.45) is 4.99 Å². The number of carbonyl (C=O) groups is 1. The van der Waals surface area contributed by atoms with Crippen LogP contribution in [0.15, 0.2) is 58.4 Å². The normalized spacial score (nSPS) is 13.7. The molecule has 0 spiro atoms. The van der Waals surface area contributed by atoms with Crippen LogP contribution in [0.3, 0.4) is 0 Å². The fourth-order valence-electron chi connectivity index (χ4n) is 3.50. The van der Waals surface area contributed by atoms with E-state index in [-0.39, 0.29) is 36.4 Å². The molecular formula is C22H29IN4O3S.